The first kappa shape index (κ1) is 12.6. The van der Waals surface area contributed by atoms with Gasteiger partial charge in [-0.2, -0.15) is 0 Å². The van der Waals surface area contributed by atoms with E-state index < -0.39 is 5.97 Å². The molecule has 18 heavy (non-hydrogen) atoms. The van der Waals surface area contributed by atoms with E-state index in [1.165, 1.54) is 12.3 Å². The molecule has 1 atom stereocenters. The van der Waals surface area contributed by atoms with Crippen LogP contribution in [0.15, 0.2) is 12.3 Å². The average molecular weight is 250 g/mol. The maximum Gasteiger partial charge on any atom is 0.339 e. The van der Waals surface area contributed by atoms with E-state index in [1.54, 1.807) is 0 Å². The van der Waals surface area contributed by atoms with E-state index in [2.05, 4.69) is 23.9 Å². The second-order valence-corrected chi connectivity index (χ2v) is 4.75. The molecule has 1 aromatic heterocycles. The molecule has 6 nitrogen and oxygen atoms in total. The van der Waals surface area contributed by atoms with E-state index in [0.717, 1.165) is 19.6 Å². The van der Waals surface area contributed by atoms with Crippen molar-refractivity contribution in [3.05, 3.63) is 17.8 Å². The quantitative estimate of drug-likeness (QED) is 0.795. The number of carboxylic acid groups (broad SMARTS) is 1. The van der Waals surface area contributed by atoms with Crippen molar-refractivity contribution in [1.82, 2.24) is 9.88 Å². The Morgan fingerprint density at radius 3 is 2.89 bits per heavy atom. The number of carboxylic acids is 1. The first-order valence-corrected chi connectivity index (χ1v) is 5.93. The lowest BCUT2D eigenvalue weighted by molar-refractivity contribution is 0.0697. The normalized spacial score (nSPS) is 21.0. The number of nitrogen functional groups attached to an aromatic ring is 1. The fourth-order valence-electron chi connectivity index (χ4n) is 2.31. The molecule has 1 unspecified atom stereocenters. The molecule has 98 valence electrons. The standard InChI is InChI=1S/C12H18N4O2/c1-8-7-15(2)3-4-16(8)11-10(12(17)18)5-9(13)6-14-11/h5-6,8H,3-4,7,13H2,1-2H3,(H,17,18). The predicted octanol–water partition coefficient (Wildman–Crippen LogP) is 0.502. The Morgan fingerprint density at radius 1 is 1.56 bits per heavy atom. The second-order valence-electron chi connectivity index (χ2n) is 4.75. The minimum atomic E-state index is -0.990. The molecule has 6 heteroatoms. The molecule has 0 aromatic carbocycles. The summed E-state index contributed by atoms with van der Waals surface area (Å²) in [5.41, 5.74) is 6.14. The topological polar surface area (TPSA) is 82.7 Å². The molecule has 0 bridgehead atoms. The zero-order valence-electron chi connectivity index (χ0n) is 10.6. The molecule has 2 rings (SSSR count). The Morgan fingerprint density at radius 2 is 2.28 bits per heavy atom. The lowest BCUT2D eigenvalue weighted by atomic mass is 10.1. The largest absolute Gasteiger partial charge is 0.478 e. The molecule has 0 saturated carbocycles. The summed E-state index contributed by atoms with van der Waals surface area (Å²) in [4.78, 5) is 19.7. The van der Waals surface area contributed by atoms with Gasteiger partial charge in [0.1, 0.15) is 11.4 Å². The van der Waals surface area contributed by atoms with Crippen LogP contribution in [0, 0.1) is 0 Å². The lowest BCUT2D eigenvalue weighted by Crippen LogP contribution is -2.51. The monoisotopic (exact) mass is 250 g/mol. The van der Waals surface area contributed by atoms with Crippen LogP contribution in [0.4, 0.5) is 11.5 Å². The Hall–Kier alpha value is -1.82. The fraction of sp³-hybridized carbons (Fsp3) is 0.500. The number of nitrogens with zero attached hydrogens (tertiary/aromatic N) is 3. The van der Waals surface area contributed by atoms with Crippen LogP contribution in [-0.4, -0.2) is 53.7 Å². The average Bonchev–Trinajstić information content (AvgIpc) is 2.29. The van der Waals surface area contributed by atoms with Crippen molar-refractivity contribution in [3.8, 4) is 0 Å². The summed E-state index contributed by atoms with van der Waals surface area (Å²) in [6, 6.07) is 1.70. The van der Waals surface area contributed by atoms with Crippen LogP contribution in [0.5, 0.6) is 0 Å². The van der Waals surface area contributed by atoms with Gasteiger partial charge < -0.3 is 20.6 Å². The van der Waals surface area contributed by atoms with Crippen molar-refractivity contribution in [1.29, 1.82) is 0 Å². The summed E-state index contributed by atoms with van der Waals surface area (Å²) in [7, 11) is 2.06. The number of nitrogens with two attached hydrogens (primary N) is 1. The number of anilines is 2. The van der Waals surface area contributed by atoms with Gasteiger partial charge in [0.15, 0.2) is 0 Å². The Labute approximate surface area is 106 Å². The van der Waals surface area contributed by atoms with Gasteiger partial charge in [0.2, 0.25) is 0 Å². The number of aromatic nitrogens is 1. The van der Waals surface area contributed by atoms with Crippen molar-refractivity contribution in [3.63, 3.8) is 0 Å². The fourth-order valence-corrected chi connectivity index (χ4v) is 2.31. The van der Waals surface area contributed by atoms with E-state index >= 15 is 0 Å². The van der Waals surface area contributed by atoms with Gasteiger partial charge in [-0.05, 0) is 20.0 Å². The van der Waals surface area contributed by atoms with Crippen LogP contribution in [0.25, 0.3) is 0 Å². The highest BCUT2D eigenvalue weighted by molar-refractivity contribution is 5.94. The second kappa shape index (κ2) is 4.81. The van der Waals surface area contributed by atoms with Crippen LogP contribution in [0.2, 0.25) is 0 Å². The molecule has 0 aliphatic carbocycles. The number of rotatable bonds is 2. The third-order valence-corrected chi connectivity index (χ3v) is 3.22. The number of pyridine rings is 1. The van der Waals surface area contributed by atoms with Gasteiger partial charge in [0.05, 0.1) is 11.9 Å². The summed E-state index contributed by atoms with van der Waals surface area (Å²) in [5.74, 6) is -0.478. The first-order chi connectivity index (χ1) is 8.49. The number of hydrogen-bond donors (Lipinski definition) is 2. The van der Waals surface area contributed by atoms with Gasteiger partial charge >= 0.3 is 5.97 Å². The smallest absolute Gasteiger partial charge is 0.339 e. The number of hydrogen-bond acceptors (Lipinski definition) is 5. The van der Waals surface area contributed by atoms with Crippen LogP contribution >= 0.6 is 0 Å². The molecule has 1 aliphatic rings. The first-order valence-electron chi connectivity index (χ1n) is 5.93. The molecule has 0 spiro atoms. The van der Waals surface area contributed by atoms with Gasteiger partial charge in [0, 0.05) is 25.7 Å². The maximum absolute atomic E-state index is 11.3. The van der Waals surface area contributed by atoms with Crippen molar-refractivity contribution >= 4 is 17.5 Å². The van der Waals surface area contributed by atoms with E-state index in [-0.39, 0.29) is 11.6 Å². The molecule has 0 radical (unpaired) electrons. The van der Waals surface area contributed by atoms with Gasteiger partial charge in [-0.15, -0.1) is 0 Å². The Kier molecular flexibility index (Phi) is 3.38. The number of aromatic carboxylic acids is 1. The third-order valence-electron chi connectivity index (χ3n) is 3.22. The van der Waals surface area contributed by atoms with Crippen molar-refractivity contribution in [2.45, 2.75) is 13.0 Å². The van der Waals surface area contributed by atoms with Gasteiger partial charge in [-0.3, -0.25) is 0 Å². The minimum absolute atomic E-state index is 0.173. The van der Waals surface area contributed by atoms with Crippen LogP contribution in [-0.2, 0) is 0 Å². The summed E-state index contributed by atoms with van der Waals surface area (Å²) < 4.78 is 0. The van der Waals surface area contributed by atoms with Gasteiger partial charge in [-0.1, -0.05) is 0 Å². The molecule has 1 saturated heterocycles. The number of likely N-dealkylation sites (N-methyl/N-ethyl adjacent to an activating group) is 1. The Balaban J connectivity index is 2.35. The molecule has 1 aromatic rings. The van der Waals surface area contributed by atoms with Crippen LogP contribution in [0.1, 0.15) is 17.3 Å². The third kappa shape index (κ3) is 2.38. The highest BCUT2D eigenvalue weighted by atomic mass is 16.4. The molecule has 3 N–H and O–H groups in total. The molecule has 1 fully saturated rings. The van der Waals surface area contributed by atoms with Crippen LogP contribution in [0.3, 0.4) is 0 Å². The molecule has 0 amide bonds. The summed E-state index contributed by atoms with van der Waals surface area (Å²) >= 11 is 0. The van der Waals surface area contributed by atoms with E-state index in [9.17, 15) is 9.90 Å². The van der Waals surface area contributed by atoms with Crippen molar-refractivity contribution in [2.24, 2.45) is 0 Å². The molecular formula is C12H18N4O2. The highest BCUT2D eigenvalue weighted by Gasteiger charge is 2.26. The van der Waals surface area contributed by atoms with Crippen LogP contribution < -0.4 is 10.6 Å². The summed E-state index contributed by atoms with van der Waals surface area (Å²) in [6.07, 6.45) is 1.51. The number of carbonyl (C=O) groups is 1. The van der Waals surface area contributed by atoms with Crippen molar-refractivity contribution in [2.75, 3.05) is 37.3 Å². The maximum atomic E-state index is 11.3. The zero-order valence-corrected chi connectivity index (χ0v) is 10.6. The van der Waals surface area contributed by atoms with E-state index in [0.29, 0.717) is 11.5 Å². The van der Waals surface area contributed by atoms with Gasteiger partial charge in [0.25, 0.3) is 0 Å². The predicted molar refractivity (Wildman–Crippen MR) is 69.9 cm³/mol. The van der Waals surface area contributed by atoms with E-state index in [4.69, 9.17) is 5.73 Å². The lowest BCUT2D eigenvalue weighted by Gasteiger charge is -2.39. The Bertz CT molecular complexity index is 463. The molecular weight excluding hydrogens is 232 g/mol. The SMILES string of the molecule is CC1CN(C)CCN1c1ncc(N)cc1C(=O)O. The summed E-state index contributed by atoms with van der Waals surface area (Å²) in [5, 5.41) is 9.23. The minimum Gasteiger partial charge on any atom is -0.478 e. The van der Waals surface area contributed by atoms with Crippen molar-refractivity contribution < 1.29 is 9.90 Å². The molecule has 2 heterocycles. The molecule has 1 aliphatic heterocycles. The number of piperazine rings is 1. The highest BCUT2D eigenvalue weighted by Crippen LogP contribution is 2.23. The summed E-state index contributed by atoms with van der Waals surface area (Å²) in [6.45, 7) is 4.63. The zero-order chi connectivity index (χ0) is 13.3. The van der Waals surface area contributed by atoms with E-state index in [1.807, 2.05) is 4.90 Å². The van der Waals surface area contributed by atoms with Gasteiger partial charge in [-0.25, -0.2) is 9.78 Å².